The molecule has 14 nitrogen and oxygen atoms in total. The Morgan fingerprint density at radius 3 is 2.12 bits per heavy atom. The van der Waals surface area contributed by atoms with E-state index in [1.165, 1.54) is 0 Å². The van der Waals surface area contributed by atoms with Crippen molar-refractivity contribution in [1.82, 2.24) is 36.1 Å². The molecule has 1 spiro atoms. The molecule has 64 heavy (non-hydrogen) atoms. The van der Waals surface area contributed by atoms with Gasteiger partial charge in [-0.15, -0.1) is 0 Å². The molecule has 7 N–H and O–H groups in total. The Hall–Kier alpha value is -6.02. The zero-order chi connectivity index (χ0) is 44.4. The molecule has 7 atom stereocenters. The first-order valence-corrected chi connectivity index (χ1v) is 23.4. The van der Waals surface area contributed by atoms with Crippen LogP contribution >= 0.6 is 0 Å². The molecular weight excluding hydrogens is 809 g/mol. The summed E-state index contributed by atoms with van der Waals surface area (Å²) in [6.07, 6.45) is 9.16. The second kappa shape index (κ2) is 18.6. The average Bonchev–Trinajstić information content (AvgIpc) is 4.15. The van der Waals surface area contributed by atoms with E-state index >= 15 is 4.79 Å². The Morgan fingerprint density at radius 2 is 1.34 bits per heavy atom. The summed E-state index contributed by atoms with van der Waals surface area (Å²) >= 11 is 0. The molecule has 2 aliphatic carbocycles. The van der Waals surface area contributed by atoms with Crippen LogP contribution in [0.15, 0.2) is 85.1 Å². The number of amides is 6. The molecule has 3 aliphatic heterocycles. The fourth-order valence-electron chi connectivity index (χ4n) is 11.3. The van der Waals surface area contributed by atoms with Crippen molar-refractivity contribution in [2.75, 3.05) is 13.1 Å². The number of fused-ring (bicyclic) bond motifs is 5. The van der Waals surface area contributed by atoms with E-state index in [0.29, 0.717) is 51.5 Å². The van der Waals surface area contributed by atoms with Crippen molar-refractivity contribution in [3.05, 3.63) is 96.2 Å². The van der Waals surface area contributed by atoms with E-state index in [2.05, 4.69) is 26.3 Å². The van der Waals surface area contributed by atoms with Crippen molar-refractivity contribution in [3.8, 4) is 11.1 Å². The molecule has 5 aliphatic rings. The highest BCUT2D eigenvalue weighted by Crippen LogP contribution is 2.41. The number of H-pyrrole nitrogens is 1. The number of para-hydroxylation sites is 1. The molecule has 14 heteroatoms. The number of carbonyl (C=O) groups excluding carboxylic acids is 6. The zero-order valence-corrected chi connectivity index (χ0v) is 36.4. The molecule has 4 aromatic rings. The van der Waals surface area contributed by atoms with Crippen LogP contribution in [0.1, 0.15) is 88.2 Å². The summed E-state index contributed by atoms with van der Waals surface area (Å²) in [6.45, 7) is 0.405. The number of nitrogens with one attached hydrogen (secondary N) is 5. The van der Waals surface area contributed by atoms with E-state index in [9.17, 15) is 24.0 Å². The first-order valence-electron chi connectivity index (χ1n) is 23.4. The monoisotopic (exact) mass is 868 g/mol. The summed E-state index contributed by atoms with van der Waals surface area (Å²) in [5.74, 6) is -2.58. The van der Waals surface area contributed by atoms with Crippen molar-refractivity contribution in [2.24, 2.45) is 11.7 Å². The topological polar surface area (TPSA) is 199 Å². The molecule has 3 aromatic carbocycles. The lowest BCUT2D eigenvalue weighted by Gasteiger charge is -2.38. The maximum Gasteiger partial charge on any atom is 0.246 e. The quantitative estimate of drug-likeness (QED) is 0.161. The lowest BCUT2D eigenvalue weighted by Crippen LogP contribution is -2.65. The van der Waals surface area contributed by atoms with Crippen LogP contribution in [0.3, 0.4) is 0 Å². The minimum atomic E-state index is -1.37. The number of nitrogens with zero attached hydrogens (tertiary/aromatic N) is 2. The number of rotatable bonds is 7. The standard InChI is InChI=1S/C50H60N8O6/c51-25-22-38-47(62)57-26-10-17-42(57)48(63)58-41-16-7-4-13-34(41)29-43(58)46(61)54-39(27-31-18-20-33(21-19-31)32-11-2-1-3-12-32)45(60)56-50(23-8-9-24-50)49(64)55-40(44(59)53-38)28-35-30-52-37-15-6-5-14-36(35)37/h1-3,5-6,11-12,14-15,18-21,30,34,38-43,52H,4,7-10,13,16-17,22-29,51H2,(H,53,59)(H,54,61)(H,55,64)(H,56,60)/t34-,38+,39+,40+,41-,42-,43-/m1/s1. The molecule has 4 heterocycles. The van der Waals surface area contributed by atoms with Gasteiger partial charge in [0.1, 0.15) is 35.7 Å². The lowest BCUT2D eigenvalue weighted by molar-refractivity contribution is -0.150. The predicted octanol–water partition coefficient (Wildman–Crippen LogP) is 4.02. The summed E-state index contributed by atoms with van der Waals surface area (Å²) < 4.78 is 0. The summed E-state index contributed by atoms with van der Waals surface area (Å²) in [5, 5.41) is 13.1. The van der Waals surface area contributed by atoms with Crippen LogP contribution in [-0.2, 0) is 41.6 Å². The minimum absolute atomic E-state index is 0.0915. The third kappa shape index (κ3) is 8.64. The molecule has 6 amide bonds. The minimum Gasteiger partial charge on any atom is -0.361 e. The number of aromatic nitrogens is 1. The third-order valence-corrected chi connectivity index (χ3v) is 14.6. The smallest absolute Gasteiger partial charge is 0.246 e. The molecule has 0 bridgehead atoms. The number of nitrogens with two attached hydrogens (primary N) is 1. The van der Waals surface area contributed by atoms with Gasteiger partial charge in [-0.3, -0.25) is 28.8 Å². The second-order valence-corrected chi connectivity index (χ2v) is 18.6. The normalized spacial score (nSPS) is 27.9. The van der Waals surface area contributed by atoms with Crippen LogP contribution in [0.4, 0.5) is 0 Å². The summed E-state index contributed by atoms with van der Waals surface area (Å²) in [4.78, 5) is 95.4. The van der Waals surface area contributed by atoms with Gasteiger partial charge in [0.2, 0.25) is 35.4 Å². The predicted molar refractivity (Wildman–Crippen MR) is 242 cm³/mol. The van der Waals surface area contributed by atoms with Gasteiger partial charge >= 0.3 is 0 Å². The maximum atomic E-state index is 15.0. The molecule has 2 saturated carbocycles. The van der Waals surface area contributed by atoms with Crippen LogP contribution < -0.4 is 27.0 Å². The Balaban J connectivity index is 1.10. The number of aromatic amines is 1. The van der Waals surface area contributed by atoms with Gasteiger partial charge in [0.15, 0.2) is 0 Å². The molecule has 0 unspecified atom stereocenters. The highest BCUT2D eigenvalue weighted by atomic mass is 16.2. The maximum absolute atomic E-state index is 15.0. The van der Waals surface area contributed by atoms with E-state index < -0.39 is 65.3 Å². The van der Waals surface area contributed by atoms with Crippen molar-refractivity contribution in [1.29, 1.82) is 0 Å². The molecule has 336 valence electrons. The van der Waals surface area contributed by atoms with Gasteiger partial charge in [-0.1, -0.05) is 98.5 Å². The number of carbonyl (C=O) groups is 6. The van der Waals surface area contributed by atoms with Crippen LogP contribution in [0.2, 0.25) is 0 Å². The molecule has 1 aromatic heterocycles. The van der Waals surface area contributed by atoms with Crippen molar-refractivity contribution >= 4 is 46.3 Å². The Morgan fingerprint density at radius 1 is 0.641 bits per heavy atom. The average molecular weight is 869 g/mol. The van der Waals surface area contributed by atoms with E-state index in [-0.39, 0.29) is 43.7 Å². The fraction of sp³-hybridized carbons (Fsp3) is 0.480. The van der Waals surface area contributed by atoms with Crippen molar-refractivity contribution in [3.63, 3.8) is 0 Å². The number of hydrogen-bond donors (Lipinski definition) is 6. The molecule has 0 radical (unpaired) electrons. The zero-order valence-electron chi connectivity index (χ0n) is 36.4. The summed E-state index contributed by atoms with van der Waals surface area (Å²) in [6, 6.07) is 20.4. The van der Waals surface area contributed by atoms with E-state index in [4.69, 9.17) is 5.73 Å². The van der Waals surface area contributed by atoms with Gasteiger partial charge in [-0.2, -0.15) is 0 Å². The van der Waals surface area contributed by atoms with Crippen LogP contribution in [0.25, 0.3) is 22.0 Å². The molecular formula is C50H60N8O6. The largest absolute Gasteiger partial charge is 0.361 e. The second-order valence-electron chi connectivity index (χ2n) is 18.6. The first kappa shape index (κ1) is 43.2. The van der Waals surface area contributed by atoms with Crippen molar-refractivity contribution < 1.29 is 28.8 Å². The van der Waals surface area contributed by atoms with Gasteiger partial charge in [0, 0.05) is 42.5 Å². The highest BCUT2D eigenvalue weighted by molar-refractivity contribution is 6.00. The Labute approximate surface area is 373 Å². The fourth-order valence-corrected chi connectivity index (χ4v) is 11.3. The SMILES string of the molecule is NCC[C@@H]1NC(=O)[C@H](Cc2c[nH]c3ccccc23)NC(=O)C2(CCCC2)NC(=O)[C@H](Cc2ccc(-c3ccccc3)cc2)NC(=O)[C@H]2C[C@H]3CCCC[C@H]3N2C(=O)[C@H]2CCCN2C1=O. The number of benzene rings is 3. The molecule has 5 fully saturated rings. The third-order valence-electron chi connectivity index (χ3n) is 14.6. The van der Waals surface area contributed by atoms with E-state index in [1.54, 1.807) is 9.80 Å². The van der Waals surface area contributed by atoms with Gasteiger partial charge in [-0.25, -0.2) is 0 Å². The summed E-state index contributed by atoms with van der Waals surface area (Å²) in [7, 11) is 0. The van der Waals surface area contributed by atoms with Crippen molar-refractivity contribution in [2.45, 2.75) is 132 Å². The Bertz CT molecular complexity index is 2380. The Kier molecular flexibility index (Phi) is 12.6. The highest BCUT2D eigenvalue weighted by Gasteiger charge is 2.52. The number of hydrogen-bond acceptors (Lipinski definition) is 7. The van der Waals surface area contributed by atoms with Gasteiger partial charge in [-0.05, 0) is 92.1 Å². The van der Waals surface area contributed by atoms with E-state index in [1.807, 2.05) is 85.1 Å². The molecule has 3 saturated heterocycles. The first-order chi connectivity index (χ1) is 31.1. The molecule has 9 rings (SSSR count). The van der Waals surface area contributed by atoms with Crippen LogP contribution in [0, 0.1) is 5.92 Å². The lowest BCUT2D eigenvalue weighted by atomic mass is 9.84. The summed E-state index contributed by atoms with van der Waals surface area (Å²) in [5.41, 5.74) is 9.22. The van der Waals surface area contributed by atoms with E-state index in [0.717, 1.165) is 58.8 Å². The van der Waals surface area contributed by atoms with Gasteiger partial charge in [0.25, 0.3) is 0 Å². The van der Waals surface area contributed by atoms with Gasteiger partial charge < -0.3 is 41.8 Å². The van der Waals surface area contributed by atoms with Crippen LogP contribution in [-0.4, -0.2) is 105 Å². The van der Waals surface area contributed by atoms with Gasteiger partial charge in [0.05, 0.1) is 0 Å². The van der Waals surface area contributed by atoms with Crippen LogP contribution in [0.5, 0.6) is 0 Å².